The summed E-state index contributed by atoms with van der Waals surface area (Å²) >= 11 is 0. The summed E-state index contributed by atoms with van der Waals surface area (Å²) in [6.07, 6.45) is 1.23. The third-order valence-corrected chi connectivity index (χ3v) is 4.20. The van der Waals surface area contributed by atoms with Gasteiger partial charge in [-0.15, -0.1) is 0 Å². The molecule has 2 nitrogen and oxygen atoms in total. The molecule has 104 valence electrons. The fraction of sp³-hybridized carbons (Fsp3) is 0.333. The zero-order chi connectivity index (χ0) is 13.9. The monoisotopic (exact) mass is 266 g/mol. The van der Waals surface area contributed by atoms with Gasteiger partial charge in [-0.3, -0.25) is 0 Å². The lowest BCUT2D eigenvalue weighted by molar-refractivity contribution is 0.291. The van der Waals surface area contributed by atoms with Gasteiger partial charge in [-0.25, -0.2) is 0 Å². The molecule has 0 aromatic heterocycles. The summed E-state index contributed by atoms with van der Waals surface area (Å²) in [5.41, 5.74) is 11.3. The third-order valence-electron chi connectivity index (χ3n) is 4.20. The molecule has 2 heteroatoms. The number of nitrogens with two attached hydrogens (primary N) is 1. The highest BCUT2D eigenvalue weighted by molar-refractivity contribution is 5.40. The topological polar surface area (TPSA) is 29.3 Å². The van der Waals surface area contributed by atoms with Crippen molar-refractivity contribution in [2.24, 2.45) is 5.73 Å². The average molecular weight is 266 g/mol. The summed E-state index contributed by atoms with van der Waals surface area (Å²) in [6, 6.07) is 17.4. The fourth-order valence-electron chi connectivity index (χ4n) is 3.06. The Balaban J connectivity index is 1.56. The Morgan fingerprint density at radius 3 is 2.45 bits per heavy atom. The molecular formula is C18H22N2. The molecule has 0 heterocycles. The zero-order valence-corrected chi connectivity index (χ0v) is 12.0. The highest BCUT2D eigenvalue weighted by Crippen LogP contribution is 2.35. The van der Waals surface area contributed by atoms with Crippen molar-refractivity contribution in [2.75, 3.05) is 13.6 Å². The summed E-state index contributed by atoms with van der Waals surface area (Å²) in [5, 5.41) is 0. The first-order valence-corrected chi connectivity index (χ1v) is 7.30. The van der Waals surface area contributed by atoms with Gasteiger partial charge in [0, 0.05) is 25.6 Å². The standard InChI is InChI=1S/C18H22N2/c1-20(12-15-8-6-14(11-19)7-9-15)13-17-10-16-4-2-3-5-18(16)17/h2-9,17H,10-13,19H2,1H3. The molecule has 0 fully saturated rings. The van der Waals surface area contributed by atoms with Gasteiger partial charge >= 0.3 is 0 Å². The van der Waals surface area contributed by atoms with Crippen LogP contribution in [0, 0.1) is 0 Å². The van der Waals surface area contributed by atoms with E-state index in [1.54, 1.807) is 0 Å². The van der Waals surface area contributed by atoms with Gasteiger partial charge in [-0.1, -0.05) is 48.5 Å². The molecule has 0 bridgehead atoms. The first-order chi connectivity index (χ1) is 9.76. The second-order valence-electron chi connectivity index (χ2n) is 5.82. The summed E-state index contributed by atoms with van der Waals surface area (Å²) in [6.45, 7) is 2.76. The average Bonchev–Trinajstić information content (AvgIpc) is 2.46. The van der Waals surface area contributed by atoms with E-state index in [0.717, 1.165) is 13.1 Å². The fourth-order valence-corrected chi connectivity index (χ4v) is 3.06. The van der Waals surface area contributed by atoms with Gasteiger partial charge in [0.2, 0.25) is 0 Å². The van der Waals surface area contributed by atoms with Gasteiger partial charge in [0.05, 0.1) is 0 Å². The lowest BCUT2D eigenvalue weighted by Gasteiger charge is -2.33. The van der Waals surface area contributed by atoms with Gasteiger partial charge in [0.15, 0.2) is 0 Å². The van der Waals surface area contributed by atoms with Crippen molar-refractivity contribution in [1.29, 1.82) is 0 Å². The Morgan fingerprint density at radius 1 is 1.05 bits per heavy atom. The van der Waals surface area contributed by atoms with E-state index in [-0.39, 0.29) is 0 Å². The molecule has 1 aliphatic carbocycles. The highest BCUT2D eigenvalue weighted by Gasteiger charge is 2.26. The van der Waals surface area contributed by atoms with Crippen LogP contribution < -0.4 is 5.73 Å². The van der Waals surface area contributed by atoms with Crippen LogP contribution in [0.4, 0.5) is 0 Å². The van der Waals surface area contributed by atoms with Crippen molar-refractivity contribution in [3.63, 3.8) is 0 Å². The quantitative estimate of drug-likeness (QED) is 0.901. The van der Waals surface area contributed by atoms with Crippen LogP contribution >= 0.6 is 0 Å². The normalized spacial score (nSPS) is 16.9. The molecule has 20 heavy (non-hydrogen) atoms. The van der Waals surface area contributed by atoms with Gasteiger partial charge in [0.1, 0.15) is 0 Å². The van der Waals surface area contributed by atoms with Crippen molar-refractivity contribution in [3.05, 3.63) is 70.8 Å². The number of hydrogen-bond acceptors (Lipinski definition) is 2. The minimum Gasteiger partial charge on any atom is -0.326 e. The molecule has 0 saturated heterocycles. The maximum atomic E-state index is 5.63. The Kier molecular flexibility index (Phi) is 3.86. The first kappa shape index (κ1) is 13.3. The molecule has 2 N–H and O–H groups in total. The van der Waals surface area contributed by atoms with Crippen molar-refractivity contribution in [2.45, 2.75) is 25.4 Å². The Bertz CT molecular complexity index is 574. The molecule has 0 spiro atoms. The van der Waals surface area contributed by atoms with E-state index >= 15 is 0 Å². The minimum atomic E-state index is 0.620. The molecule has 0 aliphatic heterocycles. The Labute approximate surface area is 121 Å². The number of hydrogen-bond donors (Lipinski definition) is 1. The molecule has 2 aromatic carbocycles. The molecule has 0 amide bonds. The largest absolute Gasteiger partial charge is 0.326 e. The van der Waals surface area contributed by atoms with E-state index in [9.17, 15) is 0 Å². The Morgan fingerprint density at radius 2 is 1.75 bits per heavy atom. The Hall–Kier alpha value is -1.64. The predicted molar refractivity (Wildman–Crippen MR) is 83.6 cm³/mol. The van der Waals surface area contributed by atoms with Gasteiger partial charge < -0.3 is 10.6 Å². The van der Waals surface area contributed by atoms with Crippen LogP contribution in [0.5, 0.6) is 0 Å². The smallest absolute Gasteiger partial charge is 0.0230 e. The first-order valence-electron chi connectivity index (χ1n) is 7.30. The summed E-state index contributed by atoms with van der Waals surface area (Å²) < 4.78 is 0. The van der Waals surface area contributed by atoms with Crippen molar-refractivity contribution >= 4 is 0 Å². The number of likely N-dealkylation sites (N-methyl/N-ethyl adjacent to an activating group) is 1. The molecule has 1 unspecified atom stereocenters. The summed E-state index contributed by atoms with van der Waals surface area (Å²) in [7, 11) is 2.21. The van der Waals surface area contributed by atoms with Crippen molar-refractivity contribution in [1.82, 2.24) is 4.90 Å². The summed E-state index contributed by atoms with van der Waals surface area (Å²) in [5.74, 6) is 0.708. The van der Waals surface area contributed by atoms with Gasteiger partial charge in [-0.05, 0) is 35.7 Å². The van der Waals surface area contributed by atoms with Crippen LogP contribution in [0.3, 0.4) is 0 Å². The van der Waals surface area contributed by atoms with Crippen molar-refractivity contribution in [3.8, 4) is 0 Å². The van der Waals surface area contributed by atoms with Crippen LogP contribution in [-0.4, -0.2) is 18.5 Å². The van der Waals surface area contributed by atoms with Crippen LogP contribution in [0.15, 0.2) is 48.5 Å². The lowest BCUT2D eigenvalue weighted by atomic mass is 9.77. The van der Waals surface area contributed by atoms with Crippen LogP contribution in [0.25, 0.3) is 0 Å². The van der Waals surface area contributed by atoms with Gasteiger partial charge in [0.25, 0.3) is 0 Å². The number of rotatable bonds is 5. The number of nitrogens with zero attached hydrogens (tertiary/aromatic N) is 1. The molecule has 1 aliphatic rings. The molecule has 1 atom stereocenters. The van der Waals surface area contributed by atoms with Crippen LogP contribution in [0.2, 0.25) is 0 Å². The third kappa shape index (κ3) is 2.77. The molecule has 0 radical (unpaired) electrons. The van der Waals surface area contributed by atoms with E-state index in [1.165, 1.54) is 28.7 Å². The van der Waals surface area contributed by atoms with Crippen LogP contribution in [0.1, 0.15) is 28.2 Å². The number of fused-ring (bicyclic) bond motifs is 1. The van der Waals surface area contributed by atoms with Crippen LogP contribution in [-0.2, 0) is 19.5 Å². The molecular weight excluding hydrogens is 244 g/mol. The van der Waals surface area contributed by atoms with E-state index in [2.05, 4.69) is 60.5 Å². The minimum absolute atomic E-state index is 0.620. The maximum Gasteiger partial charge on any atom is 0.0230 e. The SMILES string of the molecule is CN(Cc1ccc(CN)cc1)CC1Cc2ccccc21. The predicted octanol–water partition coefficient (Wildman–Crippen LogP) is 2.92. The molecule has 3 rings (SSSR count). The second kappa shape index (κ2) is 5.78. The lowest BCUT2D eigenvalue weighted by Crippen LogP contribution is -2.30. The van der Waals surface area contributed by atoms with E-state index < -0.39 is 0 Å². The summed E-state index contributed by atoms with van der Waals surface area (Å²) in [4.78, 5) is 2.41. The second-order valence-corrected chi connectivity index (χ2v) is 5.82. The van der Waals surface area contributed by atoms with E-state index in [4.69, 9.17) is 5.73 Å². The van der Waals surface area contributed by atoms with E-state index in [1.807, 2.05) is 0 Å². The molecule has 2 aromatic rings. The van der Waals surface area contributed by atoms with E-state index in [0.29, 0.717) is 12.5 Å². The zero-order valence-electron chi connectivity index (χ0n) is 12.0. The highest BCUT2D eigenvalue weighted by atomic mass is 15.1. The molecule has 0 saturated carbocycles. The van der Waals surface area contributed by atoms with Crippen molar-refractivity contribution < 1.29 is 0 Å². The number of benzene rings is 2. The van der Waals surface area contributed by atoms with Gasteiger partial charge in [-0.2, -0.15) is 0 Å². The maximum absolute atomic E-state index is 5.63.